The summed E-state index contributed by atoms with van der Waals surface area (Å²) >= 11 is 0. The van der Waals surface area contributed by atoms with Crippen LogP contribution in [0.1, 0.15) is 113 Å². The lowest BCUT2D eigenvalue weighted by Gasteiger charge is -2.31. The average molecular weight is 409 g/mol. The lowest BCUT2D eigenvalue weighted by Crippen LogP contribution is -2.11. The number of hydrogen-bond donors (Lipinski definition) is 3. The van der Waals surface area contributed by atoms with Crippen LogP contribution in [0.4, 0.5) is 0 Å². The second-order valence-electron chi connectivity index (χ2n) is 9.82. The van der Waals surface area contributed by atoms with Crippen LogP contribution >= 0.6 is 0 Å². The quantitative estimate of drug-likeness (QED) is 0.455. The van der Waals surface area contributed by atoms with Gasteiger partial charge < -0.3 is 15.3 Å². The van der Waals surface area contributed by atoms with Crippen molar-refractivity contribution in [2.24, 2.45) is 0 Å². The summed E-state index contributed by atoms with van der Waals surface area (Å²) in [4.78, 5) is 0. The van der Waals surface area contributed by atoms with Crippen LogP contribution in [0, 0.1) is 0 Å². The Morgan fingerprint density at radius 1 is 0.533 bits per heavy atom. The minimum absolute atomic E-state index is 0.000755. The maximum absolute atomic E-state index is 11.4. The molecule has 0 saturated carbocycles. The SMILES string of the molecule is CC1=CC(c2c(O)c(C3C=C(C)CCC3)c(O)c(C3C=C(C)CCC3)c2O)CCC1. The van der Waals surface area contributed by atoms with Crippen molar-refractivity contribution in [3.05, 3.63) is 51.6 Å². The summed E-state index contributed by atoms with van der Waals surface area (Å²) in [5.74, 6) is 0.323. The van der Waals surface area contributed by atoms with Gasteiger partial charge in [-0.1, -0.05) is 34.9 Å². The Kier molecular flexibility index (Phi) is 5.99. The summed E-state index contributed by atoms with van der Waals surface area (Å²) in [5.41, 5.74) is 5.81. The van der Waals surface area contributed by atoms with Crippen molar-refractivity contribution in [1.82, 2.24) is 0 Å². The Morgan fingerprint density at radius 2 is 0.800 bits per heavy atom. The van der Waals surface area contributed by atoms with Crippen molar-refractivity contribution in [2.45, 2.75) is 96.3 Å². The standard InChI is InChI=1S/C27H36O3/c1-16-7-4-10-19(13-16)22-25(28)23(20-11-5-8-17(2)14-20)27(30)24(26(22)29)21-12-6-9-18(3)15-21/h13-15,19-21,28-30H,4-12H2,1-3H3. The Balaban J connectivity index is 1.94. The van der Waals surface area contributed by atoms with Gasteiger partial charge in [0.1, 0.15) is 17.2 Å². The van der Waals surface area contributed by atoms with Gasteiger partial charge in [-0.2, -0.15) is 0 Å². The first-order valence-corrected chi connectivity index (χ1v) is 11.7. The molecule has 3 atom stereocenters. The topological polar surface area (TPSA) is 60.7 Å². The molecule has 4 rings (SSSR count). The summed E-state index contributed by atoms with van der Waals surface area (Å²) in [7, 11) is 0. The molecule has 0 fully saturated rings. The number of allylic oxidation sites excluding steroid dienone is 6. The van der Waals surface area contributed by atoms with E-state index in [0.717, 1.165) is 57.8 Å². The maximum atomic E-state index is 11.4. The average Bonchev–Trinajstić information content (AvgIpc) is 2.68. The molecule has 0 radical (unpaired) electrons. The molecule has 0 saturated heterocycles. The van der Waals surface area contributed by atoms with Crippen LogP contribution in [-0.4, -0.2) is 15.3 Å². The van der Waals surface area contributed by atoms with Crippen molar-refractivity contribution < 1.29 is 15.3 Å². The highest BCUT2D eigenvalue weighted by molar-refractivity contribution is 5.66. The maximum Gasteiger partial charge on any atom is 0.130 e. The van der Waals surface area contributed by atoms with Crippen molar-refractivity contribution >= 4 is 0 Å². The first-order valence-electron chi connectivity index (χ1n) is 11.7. The minimum atomic E-state index is -0.000755. The molecule has 1 aromatic carbocycles. The molecular weight excluding hydrogens is 372 g/mol. The van der Waals surface area contributed by atoms with Crippen LogP contribution in [0.25, 0.3) is 0 Å². The van der Waals surface area contributed by atoms with Crippen molar-refractivity contribution in [1.29, 1.82) is 0 Å². The Morgan fingerprint density at radius 3 is 1.03 bits per heavy atom. The summed E-state index contributed by atoms with van der Waals surface area (Å²) in [6, 6.07) is 0. The molecule has 162 valence electrons. The van der Waals surface area contributed by atoms with Crippen LogP contribution in [0.3, 0.4) is 0 Å². The van der Waals surface area contributed by atoms with Gasteiger partial charge in [0.25, 0.3) is 0 Å². The largest absolute Gasteiger partial charge is 0.507 e. The van der Waals surface area contributed by atoms with Gasteiger partial charge in [-0.3, -0.25) is 0 Å². The second kappa shape index (κ2) is 8.53. The molecule has 0 heterocycles. The van der Waals surface area contributed by atoms with E-state index in [9.17, 15) is 15.3 Å². The molecule has 3 aliphatic carbocycles. The van der Waals surface area contributed by atoms with E-state index in [1.54, 1.807) is 0 Å². The summed E-state index contributed by atoms with van der Waals surface area (Å²) in [6.07, 6.45) is 15.8. The zero-order valence-corrected chi connectivity index (χ0v) is 18.7. The molecule has 0 aromatic heterocycles. The molecule has 0 spiro atoms. The minimum Gasteiger partial charge on any atom is -0.507 e. The molecule has 0 bridgehead atoms. The molecule has 3 heteroatoms. The highest BCUT2D eigenvalue weighted by Crippen LogP contribution is 2.55. The van der Waals surface area contributed by atoms with E-state index in [4.69, 9.17) is 0 Å². The molecule has 30 heavy (non-hydrogen) atoms. The number of rotatable bonds is 3. The van der Waals surface area contributed by atoms with Crippen molar-refractivity contribution in [2.75, 3.05) is 0 Å². The number of aromatic hydroxyl groups is 3. The molecule has 3 aliphatic rings. The molecule has 0 amide bonds. The third-order valence-electron chi connectivity index (χ3n) is 7.36. The van der Waals surface area contributed by atoms with E-state index in [1.165, 1.54) is 16.7 Å². The number of phenols is 3. The fourth-order valence-electron chi connectivity index (χ4n) is 5.84. The molecule has 0 aliphatic heterocycles. The monoisotopic (exact) mass is 408 g/mol. The van der Waals surface area contributed by atoms with Crippen LogP contribution in [0.2, 0.25) is 0 Å². The summed E-state index contributed by atoms with van der Waals surface area (Å²) < 4.78 is 0. The third kappa shape index (κ3) is 3.91. The van der Waals surface area contributed by atoms with E-state index in [0.29, 0.717) is 16.7 Å². The van der Waals surface area contributed by atoms with Crippen LogP contribution in [0.15, 0.2) is 34.9 Å². The van der Waals surface area contributed by atoms with Crippen molar-refractivity contribution in [3.63, 3.8) is 0 Å². The fourth-order valence-corrected chi connectivity index (χ4v) is 5.84. The number of phenolic OH excluding ortho intramolecular Hbond substituents is 3. The lowest BCUT2D eigenvalue weighted by atomic mass is 9.76. The smallest absolute Gasteiger partial charge is 0.130 e. The van der Waals surface area contributed by atoms with E-state index >= 15 is 0 Å². The summed E-state index contributed by atoms with van der Waals surface area (Å²) in [5, 5.41) is 34.2. The first kappa shape index (κ1) is 21.1. The number of hydrogen-bond acceptors (Lipinski definition) is 3. The zero-order chi connectivity index (χ0) is 21.4. The van der Waals surface area contributed by atoms with Gasteiger partial charge in [-0.25, -0.2) is 0 Å². The fraction of sp³-hybridized carbons (Fsp3) is 0.556. The highest BCUT2D eigenvalue weighted by Gasteiger charge is 2.34. The Labute approximate surface area is 180 Å². The molecular formula is C27H36O3. The number of benzene rings is 1. The van der Waals surface area contributed by atoms with Gasteiger partial charge in [0.05, 0.1) is 0 Å². The van der Waals surface area contributed by atoms with E-state index in [2.05, 4.69) is 39.0 Å². The first-order chi connectivity index (χ1) is 14.4. The predicted octanol–water partition coefficient (Wildman–Crippen LogP) is 7.44. The predicted molar refractivity (Wildman–Crippen MR) is 122 cm³/mol. The second-order valence-corrected chi connectivity index (χ2v) is 9.82. The zero-order valence-electron chi connectivity index (χ0n) is 18.7. The van der Waals surface area contributed by atoms with Gasteiger partial charge in [0.15, 0.2) is 0 Å². The van der Waals surface area contributed by atoms with Gasteiger partial charge in [-0.15, -0.1) is 0 Å². The normalized spacial score (nSPS) is 27.3. The van der Waals surface area contributed by atoms with Gasteiger partial charge in [0, 0.05) is 34.4 Å². The van der Waals surface area contributed by atoms with E-state index in [-0.39, 0.29) is 35.0 Å². The molecule has 3 nitrogen and oxygen atoms in total. The van der Waals surface area contributed by atoms with E-state index < -0.39 is 0 Å². The Hall–Kier alpha value is -2.16. The lowest BCUT2D eigenvalue weighted by molar-refractivity contribution is 0.386. The van der Waals surface area contributed by atoms with Crippen LogP contribution in [-0.2, 0) is 0 Å². The van der Waals surface area contributed by atoms with Gasteiger partial charge in [-0.05, 0) is 78.6 Å². The van der Waals surface area contributed by atoms with Crippen LogP contribution < -0.4 is 0 Å². The Bertz CT molecular complexity index is 778. The highest BCUT2D eigenvalue weighted by atomic mass is 16.3. The molecule has 3 N–H and O–H groups in total. The van der Waals surface area contributed by atoms with E-state index in [1.807, 2.05) is 0 Å². The third-order valence-corrected chi connectivity index (χ3v) is 7.36. The van der Waals surface area contributed by atoms with Crippen molar-refractivity contribution in [3.8, 4) is 17.2 Å². The molecule has 1 aromatic rings. The van der Waals surface area contributed by atoms with Gasteiger partial charge >= 0.3 is 0 Å². The van der Waals surface area contributed by atoms with Crippen LogP contribution in [0.5, 0.6) is 17.2 Å². The molecule has 3 unspecified atom stereocenters. The van der Waals surface area contributed by atoms with Gasteiger partial charge in [0.2, 0.25) is 0 Å². The summed E-state index contributed by atoms with van der Waals surface area (Å²) in [6.45, 7) is 6.38.